The topological polar surface area (TPSA) is 96.6 Å². The van der Waals surface area contributed by atoms with Crippen LogP contribution in [-0.4, -0.2) is 58.7 Å². The van der Waals surface area contributed by atoms with Gasteiger partial charge < -0.3 is 25.0 Å². The lowest BCUT2D eigenvalue weighted by molar-refractivity contribution is 0.0977. The van der Waals surface area contributed by atoms with Crippen molar-refractivity contribution in [3.05, 3.63) is 48.0 Å². The number of hydrogen-bond acceptors (Lipinski definition) is 5. The number of aryl methyl sites for hydroxylation is 1. The summed E-state index contributed by atoms with van der Waals surface area (Å²) >= 11 is 0. The highest BCUT2D eigenvalue weighted by Gasteiger charge is 2.08. The number of aliphatic hydroxyl groups excluding tert-OH is 1. The number of rotatable bonds is 11. The maximum atomic E-state index is 8.77. The van der Waals surface area contributed by atoms with Crippen LogP contribution in [-0.2, 0) is 17.7 Å². The molecule has 0 radical (unpaired) electrons. The lowest BCUT2D eigenvalue weighted by atomic mass is 10.1. The zero-order valence-corrected chi connectivity index (χ0v) is 16.1. The van der Waals surface area contributed by atoms with Crippen LogP contribution in [0.25, 0.3) is 0 Å². The van der Waals surface area contributed by atoms with Gasteiger partial charge in [0.15, 0.2) is 5.96 Å². The molecule has 148 valence electrons. The van der Waals surface area contributed by atoms with Crippen LogP contribution >= 0.6 is 0 Å². The highest BCUT2D eigenvalue weighted by atomic mass is 16.5. The first kappa shape index (κ1) is 20.9. The first-order valence-electron chi connectivity index (χ1n) is 9.39. The SMILES string of the molecule is CCc1nncn1CCNC(=NCCOCCO)NC(C)c1ccccc1. The molecular weight excluding hydrogens is 344 g/mol. The zero-order valence-electron chi connectivity index (χ0n) is 16.1. The summed E-state index contributed by atoms with van der Waals surface area (Å²) in [6.45, 7) is 6.98. The molecule has 1 unspecified atom stereocenters. The summed E-state index contributed by atoms with van der Waals surface area (Å²) in [5, 5.41) is 23.6. The van der Waals surface area contributed by atoms with Gasteiger partial charge in [0, 0.05) is 19.5 Å². The normalized spacial score (nSPS) is 12.8. The number of ether oxygens (including phenoxy) is 1. The van der Waals surface area contributed by atoms with Crippen molar-refractivity contribution in [1.82, 2.24) is 25.4 Å². The van der Waals surface area contributed by atoms with Gasteiger partial charge in [-0.2, -0.15) is 0 Å². The van der Waals surface area contributed by atoms with Gasteiger partial charge in [0.2, 0.25) is 0 Å². The number of hydrogen-bond donors (Lipinski definition) is 3. The van der Waals surface area contributed by atoms with Gasteiger partial charge in [0.1, 0.15) is 12.2 Å². The van der Waals surface area contributed by atoms with E-state index < -0.39 is 0 Å². The van der Waals surface area contributed by atoms with Crippen LogP contribution in [0.4, 0.5) is 0 Å². The van der Waals surface area contributed by atoms with E-state index in [0.29, 0.717) is 26.3 Å². The van der Waals surface area contributed by atoms with Crippen molar-refractivity contribution >= 4 is 5.96 Å². The lowest BCUT2D eigenvalue weighted by Gasteiger charge is -2.19. The minimum atomic E-state index is 0.0246. The fraction of sp³-hybridized carbons (Fsp3) is 0.526. The molecule has 1 aromatic carbocycles. The van der Waals surface area contributed by atoms with Crippen molar-refractivity contribution in [1.29, 1.82) is 0 Å². The molecule has 0 aliphatic carbocycles. The van der Waals surface area contributed by atoms with Crippen molar-refractivity contribution in [3.63, 3.8) is 0 Å². The Morgan fingerprint density at radius 3 is 2.85 bits per heavy atom. The maximum Gasteiger partial charge on any atom is 0.191 e. The summed E-state index contributed by atoms with van der Waals surface area (Å²) in [4.78, 5) is 4.57. The fourth-order valence-corrected chi connectivity index (χ4v) is 2.61. The van der Waals surface area contributed by atoms with Crippen LogP contribution in [0.2, 0.25) is 0 Å². The largest absolute Gasteiger partial charge is 0.394 e. The van der Waals surface area contributed by atoms with E-state index in [0.717, 1.165) is 24.7 Å². The predicted molar refractivity (Wildman–Crippen MR) is 106 cm³/mol. The Morgan fingerprint density at radius 1 is 1.30 bits per heavy atom. The summed E-state index contributed by atoms with van der Waals surface area (Å²) in [5.41, 5.74) is 1.19. The maximum absolute atomic E-state index is 8.77. The van der Waals surface area contributed by atoms with Crippen LogP contribution in [0.5, 0.6) is 0 Å². The van der Waals surface area contributed by atoms with E-state index >= 15 is 0 Å². The van der Waals surface area contributed by atoms with Crippen molar-refractivity contribution in [2.75, 3.05) is 32.9 Å². The van der Waals surface area contributed by atoms with Gasteiger partial charge in [-0.25, -0.2) is 0 Å². The van der Waals surface area contributed by atoms with Crippen LogP contribution in [0.15, 0.2) is 41.7 Å². The third-order valence-corrected chi connectivity index (χ3v) is 4.05. The molecule has 1 heterocycles. The summed E-state index contributed by atoms with van der Waals surface area (Å²) in [7, 11) is 0. The van der Waals surface area contributed by atoms with Crippen LogP contribution in [0, 0.1) is 0 Å². The first-order valence-corrected chi connectivity index (χ1v) is 9.39. The van der Waals surface area contributed by atoms with E-state index in [9.17, 15) is 0 Å². The third-order valence-electron chi connectivity index (χ3n) is 4.05. The van der Waals surface area contributed by atoms with Crippen molar-refractivity contribution in [3.8, 4) is 0 Å². The predicted octanol–water partition coefficient (Wildman–Crippen LogP) is 1.15. The molecule has 8 nitrogen and oxygen atoms in total. The van der Waals surface area contributed by atoms with Crippen LogP contribution in [0.3, 0.4) is 0 Å². The molecule has 0 fully saturated rings. The fourth-order valence-electron chi connectivity index (χ4n) is 2.61. The van der Waals surface area contributed by atoms with E-state index in [4.69, 9.17) is 9.84 Å². The Kier molecular flexibility index (Phi) is 9.29. The number of aliphatic imine (C=N–C) groups is 1. The molecular formula is C19H30N6O2. The number of nitrogens with zero attached hydrogens (tertiary/aromatic N) is 4. The first-order chi connectivity index (χ1) is 13.2. The second kappa shape index (κ2) is 12.0. The van der Waals surface area contributed by atoms with Gasteiger partial charge in [-0.05, 0) is 12.5 Å². The summed E-state index contributed by atoms with van der Waals surface area (Å²) in [6.07, 6.45) is 2.60. The highest BCUT2D eigenvalue weighted by molar-refractivity contribution is 5.80. The number of aliphatic hydroxyl groups is 1. The van der Waals surface area contributed by atoms with E-state index in [-0.39, 0.29) is 12.6 Å². The Labute approximate surface area is 160 Å². The molecule has 0 aliphatic heterocycles. The number of guanidine groups is 1. The minimum absolute atomic E-state index is 0.0246. The van der Waals surface area contributed by atoms with Gasteiger partial charge >= 0.3 is 0 Å². The minimum Gasteiger partial charge on any atom is -0.394 e. The quantitative estimate of drug-likeness (QED) is 0.310. The van der Waals surface area contributed by atoms with E-state index in [1.807, 2.05) is 22.8 Å². The number of aromatic nitrogens is 3. The molecule has 0 saturated carbocycles. The molecule has 1 atom stereocenters. The molecule has 2 rings (SSSR count). The molecule has 2 aromatic rings. The summed E-state index contributed by atoms with van der Waals surface area (Å²) < 4.78 is 7.32. The molecule has 27 heavy (non-hydrogen) atoms. The second-order valence-corrected chi connectivity index (χ2v) is 6.06. The molecule has 3 N–H and O–H groups in total. The van der Waals surface area contributed by atoms with E-state index in [1.165, 1.54) is 5.56 Å². The number of benzene rings is 1. The molecule has 0 amide bonds. The highest BCUT2D eigenvalue weighted by Crippen LogP contribution is 2.10. The lowest BCUT2D eigenvalue weighted by Crippen LogP contribution is -2.40. The standard InChI is InChI=1S/C19H30N6O2/c1-3-18-24-22-15-25(18)11-9-20-19(21-10-13-27-14-12-26)23-16(2)17-7-5-4-6-8-17/h4-8,15-16,26H,3,9-14H2,1-2H3,(H2,20,21,23). The summed E-state index contributed by atoms with van der Waals surface area (Å²) in [5.74, 6) is 1.70. The van der Waals surface area contributed by atoms with Gasteiger partial charge in [-0.3, -0.25) is 4.99 Å². The molecule has 0 aliphatic rings. The van der Waals surface area contributed by atoms with Crippen molar-refractivity contribution in [2.24, 2.45) is 4.99 Å². The Bertz CT molecular complexity index is 674. The summed E-state index contributed by atoms with van der Waals surface area (Å²) in [6, 6.07) is 10.4. The zero-order chi connectivity index (χ0) is 19.3. The van der Waals surface area contributed by atoms with Crippen LogP contribution in [0.1, 0.15) is 31.3 Å². The van der Waals surface area contributed by atoms with E-state index in [1.54, 1.807) is 6.33 Å². The van der Waals surface area contributed by atoms with E-state index in [2.05, 4.69) is 51.8 Å². The Hall–Kier alpha value is -2.45. The number of nitrogens with one attached hydrogen (secondary N) is 2. The monoisotopic (exact) mass is 374 g/mol. The average Bonchev–Trinajstić information content (AvgIpc) is 3.15. The van der Waals surface area contributed by atoms with Crippen molar-refractivity contribution in [2.45, 2.75) is 32.9 Å². The molecule has 0 bridgehead atoms. The third kappa shape index (κ3) is 7.36. The Morgan fingerprint density at radius 2 is 2.11 bits per heavy atom. The average molecular weight is 374 g/mol. The molecule has 0 spiro atoms. The van der Waals surface area contributed by atoms with Crippen molar-refractivity contribution < 1.29 is 9.84 Å². The molecule has 8 heteroatoms. The van der Waals surface area contributed by atoms with Crippen LogP contribution < -0.4 is 10.6 Å². The molecule has 1 aromatic heterocycles. The van der Waals surface area contributed by atoms with Gasteiger partial charge in [-0.15, -0.1) is 10.2 Å². The van der Waals surface area contributed by atoms with Gasteiger partial charge in [0.25, 0.3) is 0 Å². The van der Waals surface area contributed by atoms with Gasteiger partial charge in [-0.1, -0.05) is 37.3 Å². The van der Waals surface area contributed by atoms with Gasteiger partial charge in [0.05, 0.1) is 32.4 Å². The smallest absolute Gasteiger partial charge is 0.191 e. The Balaban J connectivity index is 1.90. The second-order valence-electron chi connectivity index (χ2n) is 6.06. The molecule has 0 saturated heterocycles.